The lowest BCUT2D eigenvalue weighted by molar-refractivity contribution is -0.384. The molecule has 1 aromatic carbocycles. The fraction of sp³-hybridized carbons (Fsp3) is 0.312. The third-order valence-electron chi connectivity index (χ3n) is 4.19. The summed E-state index contributed by atoms with van der Waals surface area (Å²) in [5.41, 5.74) is 2.20. The second-order valence-corrected chi connectivity index (χ2v) is 5.85. The zero-order valence-corrected chi connectivity index (χ0v) is 13.6. The van der Waals surface area contributed by atoms with Crippen LogP contribution in [0.2, 0.25) is 0 Å². The number of non-ortho nitro benzene ring substituents is 1. The zero-order chi connectivity index (χ0) is 17.4. The summed E-state index contributed by atoms with van der Waals surface area (Å²) in [6.45, 7) is 4.82. The fourth-order valence-electron chi connectivity index (χ4n) is 2.90. The van der Waals surface area contributed by atoms with E-state index in [1.807, 2.05) is 13.0 Å². The van der Waals surface area contributed by atoms with Crippen LogP contribution in [-0.2, 0) is 4.74 Å². The van der Waals surface area contributed by atoms with Crippen LogP contribution in [0, 0.1) is 17.0 Å². The monoisotopic (exact) mass is 340 g/mol. The number of aromatic nitrogens is 4. The van der Waals surface area contributed by atoms with E-state index in [1.54, 1.807) is 16.6 Å². The highest BCUT2D eigenvalue weighted by Crippen LogP contribution is 2.25. The van der Waals surface area contributed by atoms with Gasteiger partial charge >= 0.3 is 0 Å². The molecule has 0 aliphatic carbocycles. The molecule has 25 heavy (non-hydrogen) atoms. The van der Waals surface area contributed by atoms with Crippen LogP contribution >= 0.6 is 0 Å². The van der Waals surface area contributed by atoms with Crippen molar-refractivity contribution in [3.8, 4) is 11.4 Å². The van der Waals surface area contributed by atoms with Crippen LogP contribution < -0.4 is 4.90 Å². The topological polar surface area (TPSA) is 98.7 Å². The maximum absolute atomic E-state index is 11.0. The molecule has 9 nitrogen and oxygen atoms in total. The summed E-state index contributed by atoms with van der Waals surface area (Å²) in [4.78, 5) is 12.7. The van der Waals surface area contributed by atoms with Crippen LogP contribution in [-0.4, -0.2) is 51.0 Å². The van der Waals surface area contributed by atoms with Gasteiger partial charge in [-0.15, -0.1) is 15.3 Å². The molecular formula is C16H16N6O3. The molecule has 1 fully saturated rings. The summed E-state index contributed by atoms with van der Waals surface area (Å²) in [6, 6.07) is 8.31. The molecule has 3 aromatic rings. The van der Waals surface area contributed by atoms with Crippen LogP contribution in [0.3, 0.4) is 0 Å². The summed E-state index contributed by atoms with van der Waals surface area (Å²) < 4.78 is 7.04. The van der Waals surface area contributed by atoms with E-state index >= 15 is 0 Å². The zero-order valence-electron chi connectivity index (χ0n) is 13.6. The van der Waals surface area contributed by atoms with Crippen molar-refractivity contribution in [1.82, 2.24) is 19.8 Å². The van der Waals surface area contributed by atoms with Crippen molar-refractivity contribution in [2.45, 2.75) is 6.92 Å². The summed E-state index contributed by atoms with van der Waals surface area (Å²) in [5, 5.41) is 24.1. The van der Waals surface area contributed by atoms with Gasteiger partial charge in [0, 0.05) is 30.8 Å². The van der Waals surface area contributed by atoms with E-state index in [4.69, 9.17) is 4.74 Å². The molecule has 1 aliphatic rings. The van der Waals surface area contributed by atoms with Crippen LogP contribution in [0.15, 0.2) is 30.3 Å². The van der Waals surface area contributed by atoms with E-state index in [9.17, 15) is 10.1 Å². The van der Waals surface area contributed by atoms with E-state index in [-0.39, 0.29) is 5.69 Å². The van der Waals surface area contributed by atoms with Crippen molar-refractivity contribution in [2.24, 2.45) is 0 Å². The Kier molecular flexibility index (Phi) is 3.77. The standard InChI is InChI=1S/C16H16N6O3/c1-11-9-14(20-5-7-25-8-6-20)19-21-15(11)17-18-16(21)12-3-2-4-13(10-12)22(23)24/h2-4,9-10H,5-8H2,1H3. The average Bonchev–Trinajstić information content (AvgIpc) is 3.07. The molecule has 1 saturated heterocycles. The number of ether oxygens (including phenoxy) is 1. The Bertz CT molecular complexity index is 948. The Labute approximate surface area is 143 Å². The minimum Gasteiger partial charge on any atom is -0.378 e. The molecule has 4 rings (SSSR count). The Hall–Kier alpha value is -3.07. The highest BCUT2D eigenvalue weighted by atomic mass is 16.6. The van der Waals surface area contributed by atoms with Crippen molar-refractivity contribution >= 4 is 17.2 Å². The number of aryl methyl sites for hydroxylation is 1. The number of nitrogens with zero attached hydrogens (tertiary/aromatic N) is 6. The van der Waals surface area contributed by atoms with Crippen LogP contribution in [0.4, 0.5) is 11.5 Å². The van der Waals surface area contributed by atoms with Crippen LogP contribution in [0.5, 0.6) is 0 Å². The number of hydrogen-bond donors (Lipinski definition) is 0. The van der Waals surface area contributed by atoms with Crippen LogP contribution in [0.1, 0.15) is 5.56 Å². The quantitative estimate of drug-likeness (QED) is 0.530. The van der Waals surface area contributed by atoms with Crippen molar-refractivity contribution in [2.75, 3.05) is 31.2 Å². The predicted molar refractivity (Wildman–Crippen MR) is 90.6 cm³/mol. The van der Waals surface area contributed by atoms with Crippen molar-refractivity contribution in [3.63, 3.8) is 0 Å². The first-order valence-corrected chi connectivity index (χ1v) is 7.94. The Balaban J connectivity index is 1.83. The van der Waals surface area contributed by atoms with Gasteiger partial charge in [0.05, 0.1) is 18.1 Å². The second kappa shape index (κ2) is 6.10. The molecule has 0 atom stereocenters. The first-order chi connectivity index (χ1) is 12.1. The predicted octanol–water partition coefficient (Wildman–Crippen LogP) is 1.84. The van der Waals surface area contributed by atoms with Crippen molar-refractivity contribution in [3.05, 3.63) is 46.0 Å². The normalized spacial score (nSPS) is 14.8. The van der Waals surface area contributed by atoms with Gasteiger partial charge in [0.2, 0.25) is 0 Å². The lowest BCUT2D eigenvalue weighted by atomic mass is 10.2. The molecule has 0 spiro atoms. The van der Waals surface area contributed by atoms with E-state index in [1.165, 1.54) is 12.1 Å². The van der Waals surface area contributed by atoms with Gasteiger partial charge in [-0.05, 0) is 18.6 Å². The van der Waals surface area contributed by atoms with Crippen molar-refractivity contribution in [1.29, 1.82) is 0 Å². The maximum Gasteiger partial charge on any atom is 0.270 e. The molecule has 3 heterocycles. The van der Waals surface area contributed by atoms with Gasteiger partial charge in [-0.2, -0.15) is 4.52 Å². The number of hydrogen-bond acceptors (Lipinski definition) is 7. The Morgan fingerprint density at radius 1 is 1.20 bits per heavy atom. The molecular weight excluding hydrogens is 324 g/mol. The molecule has 0 bridgehead atoms. The minimum absolute atomic E-state index is 0.00954. The van der Waals surface area contributed by atoms with Gasteiger partial charge < -0.3 is 9.64 Å². The highest BCUT2D eigenvalue weighted by molar-refractivity contribution is 5.64. The molecule has 1 aliphatic heterocycles. The van der Waals surface area contributed by atoms with Gasteiger partial charge in [0.1, 0.15) is 5.82 Å². The lowest BCUT2D eigenvalue weighted by Gasteiger charge is -2.27. The number of benzene rings is 1. The smallest absolute Gasteiger partial charge is 0.270 e. The number of nitro groups is 1. The van der Waals surface area contributed by atoms with Gasteiger partial charge in [0.25, 0.3) is 5.69 Å². The van der Waals surface area contributed by atoms with E-state index < -0.39 is 4.92 Å². The van der Waals surface area contributed by atoms with Gasteiger partial charge in [-0.25, -0.2) is 0 Å². The average molecular weight is 340 g/mol. The van der Waals surface area contributed by atoms with Gasteiger partial charge in [0.15, 0.2) is 11.5 Å². The molecule has 0 amide bonds. The first kappa shape index (κ1) is 15.5. The summed E-state index contributed by atoms with van der Waals surface area (Å²) >= 11 is 0. The molecule has 0 saturated carbocycles. The largest absolute Gasteiger partial charge is 0.378 e. The molecule has 0 unspecified atom stereocenters. The molecule has 0 radical (unpaired) electrons. The Morgan fingerprint density at radius 3 is 2.76 bits per heavy atom. The SMILES string of the molecule is Cc1cc(N2CCOCC2)nn2c(-c3cccc([N+](=O)[O-])c3)nnc12. The van der Waals surface area contributed by atoms with E-state index in [2.05, 4.69) is 20.2 Å². The summed E-state index contributed by atoms with van der Waals surface area (Å²) in [6.07, 6.45) is 0. The molecule has 2 aromatic heterocycles. The minimum atomic E-state index is -0.426. The molecule has 128 valence electrons. The van der Waals surface area contributed by atoms with Crippen molar-refractivity contribution < 1.29 is 9.66 Å². The van der Waals surface area contributed by atoms with E-state index in [0.717, 1.165) is 24.5 Å². The summed E-state index contributed by atoms with van der Waals surface area (Å²) in [7, 11) is 0. The number of fused-ring (bicyclic) bond motifs is 1. The number of morpholine rings is 1. The maximum atomic E-state index is 11.0. The summed E-state index contributed by atoms with van der Waals surface area (Å²) in [5.74, 6) is 1.30. The highest BCUT2D eigenvalue weighted by Gasteiger charge is 2.18. The molecule has 0 N–H and O–H groups in total. The van der Waals surface area contributed by atoms with E-state index in [0.29, 0.717) is 30.2 Å². The third-order valence-corrected chi connectivity index (χ3v) is 4.19. The first-order valence-electron chi connectivity index (χ1n) is 7.94. The number of rotatable bonds is 3. The third kappa shape index (κ3) is 2.78. The number of anilines is 1. The fourth-order valence-corrected chi connectivity index (χ4v) is 2.90. The second-order valence-electron chi connectivity index (χ2n) is 5.85. The Morgan fingerprint density at radius 2 is 2.00 bits per heavy atom. The van der Waals surface area contributed by atoms with Gasteiger partial charge in [-0.3, -0.25) is 10.1 Å². The van der Waals surface area contributed by atoms with Gasteiger partial charge in [-0.1, -0.05) is 12.1 Å². The molecule has 9 heteroatoms. The lowest BCUT2D eigenvalue weighted by Crippen LogP contribution is -2.37. The van der Waals surface area contributed by atoms with Crippen LogP contribution in [0.25, 0.3) is 17.0 Å². The number of nitro benzene ring substituents is 1.